The molecular formula is C16H27N3. The van der Waals surface area contributed by atoms with Gasteiger partial charge in [-0.15, -0.1) is 0 Å². The lowest BCUT2D eigenvalue weighted by molar-refractivity contribution is 0.643. The molecule has 3 nitrogen and oxygen atoms in total. The maximum absolute atomic E-state index is 4.80. The zero-order chi connectivity index (χ0) is 13.7. The van der Waals surface area contributed by atoms with Crippen LogP contribution in [0, 0.1) is 0 Å². The van der Waals surface area contributed by atoms with Crippen LogP contribution in [0.2, 0.25) is 0 Å². The summed E-state index contributed by atoms with van der Waals surface area (Å²) in [5.74, 6) is 1.15. The molecule has 3 heteroatoms. The van der Waals surface area contributed by atoms with E-state index in [1.54, 1.807) is 0 Å². The van der Waals surface area contributed by atoms with E-state index >= 15 is 0 Å². The van der Waals surface area contributed by atoms with Gasteiger partial charge in [0.25, 0.3) is 0 Å². The molecule has 1 N–H and O–H groups in total. The van der Waals surface area contributed by atoms with Gasteiger partial charge in [0.05, 0.1) is 0 Å². The quantitative estimate of drug-likeness (QED) is 0.852. The largest absolute Gasteiger partial charge is 0.357 e. The average molecular weight is 261 g/mol. The molecule has 106 valence electrons. The van der Waals surface area contributed by atoms with Crippen molar-refractivity contribution in [2.45, 2.75) is 58.5 Å². The molecule has 0 radical (unpaired) electrons. The molecule has 0 amide bonds. The van der Waals surface area contributed by atoms with Gasteiger partial charge in [0.2, 0.25) is 0 Å². The Morgan fingerprint density at radius 1 is 1.26 bits per heavy atom. The van der Waals surface area contributed by atoms with Crippen molar-refractivity contribution in [2.75, 3.05) is 18.5 Å². The van der Waals surface area contributed by atoms with Gasteiger partial charge in [-0.05, 0) is 43.5 Å². The summed E-state index contributed by atoms with van der Waals surface area (Å²) in [6, 6.07) is 5.17. The summed E-state index contributed by atoms with van der Waals surface area (Å²) in [4.78, 5) is 7.19. The molecule has 0 unspecified atom stereocenters. The van der Waals surface area contributed by atoms with Crippen LogP contribution in [0.5, 0.6) is 0 Å². The highest BCUT2D eigenvalue weighted by Crippen LogP contribution is 2.26. The second kappa shape index (κ2) is 6.90. The standard InChI is InChI=1S/C16H27N3/c1-4-14-10-13(12-17-5-2)11-16(18-14)19(3)15-8-6-7-9-15/h10-11,15,17H,4-9,12H2,1-3H3. The summed E-state index contributed by atoms with van der Waals surface area (Å²) in [7, 11) is 2.20. The molecule has 1 aliphatic rings. The molecule has 1 aliphatic carbocycles. The molecule has 0 aliphatic heterocycles. The van der Waals surface area contributed by atoms with Crippen LogP contribution in [0.4, 0.5) is 5.82 Å². The lowest BCUT2D eigenvalue weighted by atomic mass is 10.1. The maximum Gasteiger partial charge on any atom is 0.129 e. The van der Waals surface area contributed by atoms with Gasteiger partial charge >= 0.3 is 0 Å². The van der Waals surface area contributed by atoms with Crippen molar-refractivity contribution >= 4 is 5.82 Å². The lowest BCUT2D eigenvalue weighted by Gasteiger charge is -2.26. The average Bonchev–Trinajstić information content (AvgIpc) is 2.98. The van der Waals surface area contributed by atoms with Gasteiger partial charge in [-0.25, -0.2) is 4.98 Å². The van der Waals surface area contributed by atoms with Crippen LogP contribution < -0.4 is 10.2 Å². The van der Waals surface area contributed by atoms with Gasteiger partial charge in [-0.2, -0.15) is 0 Å². The van der Waals surface area contributed by atoms with Crippen LogP contribution in [0.15, 0.2) is 12.1 Å². The minimum absolute atomic E-state index is 0.687. The molecule has 1 aromatic heterocycles. The van der Waals surface area contributed by atoms with Crippen molar-refractivity contribution in [1.82, 2.24) is 10.3 Å². The van der Waals surface area contributed by atoms with Crippen LogP contribution >= 0.6 is 0 Å². The molecule has 0 saturated heterocycles. The summed E-state index contributed by atoms with van der Waals surface area (Å²) in [5.41, 5.74) is 2.56. The van der Waals surface area contributed by atoms with Crippen molar-refractivity contribution in [3.8, 4) is 0 Å². The monoisotopic (exact) mass is 261 g/mol. The minimum atomic E-state index is 0.687. The Morgan fingerprint density at radius 3 is 2.63 bits per heavy atom. The molecule has 1 heterocycles. The van der Waals surface area contributed by atoms with Gasteiger partial charge < -0.3 is 10.2 Å². The van der Waals surface area contributed by atoms with Crippen molar-refractivity contribution in [2.24, 2.45) is 0 Å². The highest BCUT2D eigenvalue weighted by molar-refractivity contribution is 5.43. The van der Waals surface area contributed by atoms with Crippen molar-refractivity contribution in [3.05, 3.63) is 23.4 Å². The molecule has 0 spiro atoms. The minimum Gasteiger partial charge on any atom is -0.357 e. The van der Waals surface area contributed by atoms with Crippen LogP contribution in [0.25, 0.3) is 0 Å². The topological polar surface area (TPSA) is 28.2 Å². The number of pyridine rings is 1. The first-order chi connectivity index (χ1) is 9.24. The Kier molecular flexibility index (Phi) is 5.20. The van der Waals surface area contributed by atoms with E-state index in [2.05, 4.69) is 43.2 Å². The summed E-state index contributed by atoms with van der Waals surface area (Å²) in [6.45, 7) is 6.28. The zero-order valence-corrected chi connectivity index (χ0v) is 12.6. The van der Waals surface area contributed by atoms with E-state index in [4.69, 9.17) is 4.98 Å². The Morgan fingerprint density at radius 2 is 2.00 bits per heavy atom. The van der Waals surface area contributed by atoms with E-state index in [0.717, 1.165) is 25.3 Å². The van der Waals surface area contributed by atoms with Crippen LogP contribution in [0.3, 0.4) is 0 Å². The first-order valence-electron chi connectivity index (χ1n) is 7.68. The number of hydrogen-bond donors (Lipinski definition) is 1. The summed E-state index contributed by atoms with van der Waals surface area (Å²) < 4.78 is 0. The molecule has 1 fully saturated rings. The fourth-order valence-corrected chi connectivity index (χ4v) is 2.85. The zero-order valence-electron chi connectivity index (χ0n) is 12.6. The predicted molar refractivity (Wildman–Crippen MR) is 81.7 cm³/mol. The predicted octanol–water partition coefficient (Wildman–Crippen LogP) is 3.13. The van der Waals surface area contributed by atoms with E-state index in [0.29, 0.717) is 6.04 Å². The second-order valence-electron chi connectivity index (χ2n) is 5.51. The van der Waals surface area contributed by atoms with Crippen LogP contribution in [-0.4, -0.2) is 24.6 Å². The van der Waals surface area contributed by atoms with Gasteiger partial charge in [0, 0.05) is 25.3 Å². The van der Waals surface area contributed by atoms with E-state index in [1.807, 2.05) is 0 Å². The van der Waals surface area contributed by atoms with E-state index < -0.39 is 0 Å². The third-order valence-corrected chi connectivity index (χ3v) is 4.10. The third kappa shape index (κ3) is 3.69. The Labute approximate surface area is 117 Å². The lowest BCUT2D eigenvalue weighted by Crippen LogP contribution is -2.30. The van der Waals surface area contributed by atoms with Gasteiger partial charge in [0.15, 0.2) is 0 Å². The van der Waals surface area contributed by atoms with Crippen molar-refractivity contribution in [3.63, 3.8) is 0 Å². The molecule has 1 aromatic rings. The number of hydrogen-bond acceptors (Lipinski definition) is 3. The SMILES string of the molecule is CCNCc1cc(CC)nc(N(C)C2CCCC2)c1. The number of aromatic nitrogens is 1. The third-order valence-electron chi connectivity index (χ3n) is 4.10. The number of nitrogens with one attached hydrogen (secondary N) is 1. The second-order valence-corrected chi connectivity index (χ2v) is 5.51. The molecule has 0 bridgehead atoms. The number of nitrogens with zero attached hydrogens (tertiary/aromatic N) is 2. The van der Waals surface area contributed by atoms with E-state index in [-0.39, 0.29) is 0 Å². The Hall–Kier alpha value is -1.09. The van der Waals surface area contributed by atoms with Gasteiger partial charge in [-0.3, -0.25) is 0 Å². The Bertz CT molecular complexity index is 397. The molecule has 19 heavy (non-hydrogen) atoms. The van der Waals surface area contributed by atoms with Crippen molar-refractivity contribution < 1.29 is 0 Å². The molecule has 2 rings (SSSR count). The number of rotatable bonds is 6. The highest BCUT2D eigenvalue weighted by Gasteiger charge is 2.21. The first-order valence-corrected chi connectivity index (χ1v) is 7.68. The number of anilines is 1. The number of aryl methyl sites for hydroxylation is 1. The molecular weight excluding hydrogens is 234 g/mol. The smallest absolute Gasteiger partial charge is 0.129 e. The van der Waals surface area contributed by atoms with Crippen molar-refractivity contribution in [1.29, 1.82) is 0 Å². The normalized spacial score (nSPS) is 15.9. The van der Waals surface area contributed by atoms with E-state index in [1.165, 1.54) is 36.9 Å². The van der Waals surface area contributed by atoms with Gasteiger partial charge in [-0.1, -0.05) is 26.7 Å². The fourth-order valence-electron chi connectivity index (χ4n) is 2.85. The molecule has 0 aromatic carbocycles. The maximum atomic E-state index is 4.80. The Balaban J connectivity index is 2.17. The fraction of sp³-hybridized carbons (Fsp3) is 0.688. The van der Waals surface area contributed by atoms with Crippen LogP contribution in [0.1, 0.15) is 50.8 Å². The summed E-state index contributed by atoms with van der Waals surface area (Å²) in [6.07, 6.45) is 6.37. The van der Waals surface area contributed by atoms with Gasteiger partial charge in [0.1, 0.15) is 5.82 Å². The molecule has 1 saturated carbocycles. The summed E-state index contributed by atoms with van der Waals surface area (Å²) >= 11 is 0. The van der Waals surface area contributed by atoms with E-state index in [9.17, 15) is 0 Å². The molecule has 0 atom stereocenters. The first kappa shape index (κ1) is 14.3. The highest BCUT2D eigenvalue weighted by atomic mass is 15.2. The summed E-state index contributed by atoms with van der Waals surface area (Å²) in [5, 5.41) is 3.41. The van der Waals surface area contributed by atoms with Crippen LogP contribution in [-0.2, 0) is 13.0 Å².